The number of nitrogens with one attached hydrogen (secondary N) is 3. The molecule has 1 aromatic heterocycles. The number of benzene rings is 2. The average Bonchev–Trinajstić information content (AvgIpc) is 3.00. The minimum atomic E-state index is -0.250. The predicted molar refractivity (Wildman–Crippen MR) is 89.4 cm³/mol. The van der Waals surface area contributed by atoms with Crippen LogP contribution in [0.2, 0.25) is 5.02 Å². The van der Waals surface area contributed by atoms with Crippen LogP contribution in [0.4, 0.5) is 0 Å². The number of amides is 1. The van der Waals surface area contributed by atoms with Crippen molar-refractivity contribution in [1.29, 1.82) is 0 Å². The maximum absolute atomic E-state index is 12.0. The Hall–Kier alpha value is -2.72. The molecule has 3 aromatic rings. The second-order valence-electron chi connectivity index (χ2n) is 4.84. The Morgan fingerprint density at radius 3 is 2.50 bits per heavy atom. The molecule has 0 saturated heterocycles. The largest absolute Gasteiger partial charge is 0.361 e. The van der Waals surface area contributed by atoms with Gasteiger partial charge in [0.15, 0.2) is 0 Å². The van der Waals surface area contributed by atoms with Gasteiger partial charge in [-0.2, -0.15) is 0 Å². The van der Waals surface area contributed by atoms with Gasteiger partial charge in [-0.25, -0.2) is 0 Å². The highest BCUT2D eigenvalue weighted by Crippen LogP contribution is 2.17. The molecule has 1 heterocycles. The van der Waals surface area contributed by atoms with Crippen molar-refractivity contribution in [3.63, 3.8) is 0 Å². The summed E-state index contributed by atoms with van der Waals surface area (Å²) in [5.74, 6) is -0.250. The van der Waals surface area contributed by atoms with Crippen LogP contribution in [0, 0.1) is 0 Å². The number of carbonyl (C=O) groups is 1. The molecule has 1 amide bonds. The van der Waals surface area contributed by atoms with Crippen LogP contribution >= 0.6 is 11.6 Å². The number of aromatic nitrogens is 1. The molecule has 0 fully saturated rings. The third kappa shape index (κ3) is 2.97. The first kappa shape index (κ1) is 14.2. The van der Waals surface area contributed by atoms with Crippen LogP contribution in [0.15, 0.2) is 61.3 Å². The highest BCUT2D eigenvalue weighted by atomic mass is 35.5. The maximum Gasteiger partial charge on any atom is 0.269 e. The molecule has 110 valence electrons. The topological polar surface area (TPSA) is 56.9 Å². The van der Waals surface area contributed by atoms with Crippen LogP contribution in [-0.4, -0.2) is 10.9 Å². The molecule has 4 nitrogen and oxygen atoms in total. The molecule has 0 aliphatic rings. The molecular weight excluding hydrogens is 298 g/mol. The summed E-state index contributed by atoms with van der Waals surface area (Å²) in [7, 11) is 0. The van der Waals surface area contributed by atoms with Crippen molar-refractivity contribution >= 4 is 34.1 Å². The summed E-state index contributed by atoms with van der Waals surface area (Å²) in [5, 5.41) is 1.68. The molecule has 0 aliphatic carbocycles. The van der Waals surface area contributed by atoms with Gasteiger partial charge >= 0.3 is 0 Å². The van der Waals surface area contributed by atoms with E-state index in [0.29, 0.717) is 16.3 Å². The predicted octanol–water partition coefficient (Wildman–Crippen LogP) is 3.73. The minimum absolute atomic E-state index is 0.250. The quantitative estimate of drug-likeness (QED) is 0.643. The van der Waals surface area contributed by atoms with Crippen molar-refractivity contribution in [2.45, 2.75) is 0 Å². The second-order valence-corrected chi connectivity index (χ2v) is 5.28. The van der Waals surface area contributed by atoms with E-state index in [1.54, 1.807) is 24.3 Å². The Labute approximate surface area is 132 Å². The molecule has 2 aromatic carbocycles. The Kier molecular flexibility index (Phi) is 3.85. The molecule has 0 spiro atoms. The zero-order valence-electron chi connectivity index (χ0n) is 11.7. The Morgan fingerprint density at radius 2 is 1.73 bits per heavy atom. The first-order valence-corrected chi connectivity index (χ1v) is 7.09. The van der Waals surface area contributed by atoms with Gasteiger partial charge in [0.2, 0.25) is 0 Å². The number of H-pyrrole nitrogens is 1. The SMILES string of the molecule is C=C(NNC(=O)c1ccc(Cl)cc1)c1ccc2[nH]ccc2c1. The van der Waals surface area contributed by atoms with Crippen molar-refractivity contribution < 1.29 is 4.79 Å². The number of halogens is 1. The number of aromatic amines is 1. The normalized spacial score (nSPS) is 10.4. The van der Waals surface area contributed by atoms with Crippen molar-refractivity contribution in [2.24, 2.45) is 0 Å². The fourth-order valence-corrected chi connectivity index (χ4v) is 2.24. The first-order valence-electron chi connectivity index (χ1n) is 6.72. The molecule has 5 heteroatoms. The highest BCUT2D eigenvalue weighted by molar-refractivity contribution is 6.30. The summed E-state index contributed by atoms with van der Waals surface area (Å²) in [4.78, 5) is 15.1. The first-order chi connectivity index (χ1) is 10.6. The smallest absolute Gasteiger partial charge is 0.269 e. The standard InChI is InChI=1S/C17H14ClN3O/c1-11(13-4-7-16-14(10-13)8-9-19-16)20-21-17(22)12-2-5-15(18)6-3-12/h2-10,19-20H,1H2,(H,21,22). The minimum Gasteiger partial charge on any atom is -0.361 e. The van der Waals surface area contributed by atoms with Crippen LogP contribution in [0.25, 0.3) is 16.6 Å². The van der Waals surface area contributed by atoms with E-state index in [0.717, 1.165) is 16.5 Å². The Balaban J connectivity index is 1.66. The summed E-state index contributed by atoms with van der Waals surface area (Å²) >= 11 is 5.80. The van der Waals surface area contributed by atoms with Gasteiger partial charge in [-0.3, -0.25) is 15.6 Å². The average molecular weight is 312 g/mol. The van der Waals surface area contributed by atoms with E-state index in [9.17, 15) is 4.79 Å². The third-order valence-electron chi connectivity index (χ3n) is 3.34. The van der Waals surface area contributed by atoms with Crippen LogP contribution in [-0.2, 0) is 0 Å². The summed E-state index contributed by atoms with van der Waals surface area (Å²) < 4.78 is 0. The zero-order chi connectivity index (χ0) is 15.5. The van der Waals surface area contributed by atoms with E-state index < -0.39 is 0 Å². The molecule has 0 radical (unpaired) electrons. The maximum atomic E-state index is 12.0. The zero-order valence-corrected chi connectivity index (χ0v) is 12.4. The lowest BCUT2D eigenvalue weighted by atomic mass is 10.1. The van der Waals surface area contributed by atoms with E-state index in [1.165, 1.54) is 0 Å². The van der Waals surface area contributed by atoms with Gasteiger partial charge in [-0.15, -0.1) is 0 Å². The number of carbonyl (C=O) groups excluding carboxylic acids is 1. The fraction of sp³-hybridized carbons (Fsp3) is 0. The number of fused-ring (bicyclic) bond motifs is 1. The lowest BCUT2D eigenvalue weighted by molar-refractivity contribution is 0.0942. The van der Waals surface area contributed by atoms with Crippen LogP contribution in [0.5, 0.6) is 0 Å². The molecule has 0 saturated carbocycles. The summed E-state index contributed by atoms with van der Waals surface area (Å²) in [6, 6.07) is 14.5. The van der Waals surface area contributed by atoms with Gasteiger partial charge in [-0.05, 0) is 48.0 Å². The molecule has 0 bridgehead atoms. The number of rotatable bonds is 4. The van der Waals surface area contributed by atoms with Crippen molar-refractivity contribution in [2.75, 3.05) is 0 Å². The van der Waals surface area contributed by atoms with E-state index in [-0.39, 0.29) is 5.91 Å². The lowest BCUT2D eigenvalue weighted by Gasteiger charge is -2.11. The van der Waals surface area contributed by atoms with Crippen molar-refractivity contribution in [3.05, 3.63) is 77.5 Å². The Morgan fingerprint density at radius 1 is 1.00 bits per heavy atom. The number of hydrogen-bond donors (Lipinski definition) is 3. The van der Waals surface area contributed by atoms with Gasteiger partial charge in [0.25, 0.3) is 5.91 Å². The molecule has 0 atom stereocenters. The monoisotopic (exact) mass is 311 g/mol. The highest BCUT2D eigenvalue weighted by Gasteiger charge is 2.06. The van der Waals surface area contributed by atoms with Crippen molar-refractivity contribution in [1.82, 2.24) is 15.8 Å². The van der Waals surface area contributed by atoms with Crippen LogP contribution in [0.3, 0.4) is 0 Å². The van der Waals surface area contributed by atoms with E-state index in [1.807, 2.05) is 30.5 Å². The Bertz CT molecular complexity index is 836. The summed E-state index contributed by atoms with van der Waals surface area (Å²) in [5.41, 5.74) is 8.55. The van der Waals surface area contributed by atoms with E-state index >= 15 is 0 Å². The molecule has 0 aliphatic heterocycles. The van der Waals surface area contributed by atoms with Crippen LogP contribution < -0.4 is 10.9 Å². The van der Waals surface area contributed by atoms with Gasteiger partial charge in [0.05, 0.1) is 5.70 Å². The second kappa shape index (κ2) is 5.95. The molecular formula is C17H14ClN3O. The van der Waals surface area contributed by atoms with E-state index in [2.05, 4.69) is 22.4 Å². The molecule has 0 unspecified atom stereocenters. The van der Waals surface area contributed by atoms with Gasteiger partial charge in [0.1, 0.15) is 0 Å². The van der Waals surface area contributed by atoms with Crippen molar-refractivity contribution in [3.8, 4) is 0 Å². The van der Waals surface area contributed by atoms with Gasteiger partial charge in [0, 0.05) is 27.7 Å². The van der Waals surface area contributed by atoms with Crippen LogP contribution in [0.1, 0.15) is 15.9 Å². The summed E-state index contributed by atoms with van der Waals surface area (Å²) in [6.07, 6.45) is 1.88. The fourth-order valence-electron chi connectivity index (χ4n) is 2.12. The summed E-state index contributed by atoms with van der Waals surface area (Å²) in [6.45, 7) is 3.94. The van der Waals surface area contributed by atoms with Gasteiger partial charge < -0.3 is 4.98 Å². The molecule has 22 heavy (non-hydrogen) atoms. The molecule has 3 N–H and O–H groups in total. The molecule has 3 rings (SSSR count). The van der Waals surface area contributed by atoms with E-state index in [4.69, 9.17) is 11.6 Å². The lowest BCUT2D eigenvalue weighted by Crippen LogP contribution is -2.35. The number of hydrogen-bond acceptors (Lipinski definition) is 2. The third-order valence-corrected chi connectivity index (χ3v) is 3.59. The number of hydrazine groups is 1. The van der Waals surface area contributed by atoms with Gasteiger partial charge in [-0.1, -0.05) is 24.2 Å².